The summed E-state index contributed by atoms with van der Waals surface area (Å²) < 4.78 is 0. The molecule has 0 saturated carbocycles. The van der Waals surface area contributed by atoms with Crippen LogP contribution >= 0.6 is 0 Å². The fraction of sp³-hybridized carbons (Fsp3) is 1.00. The van der Waals surface area contributed by atoms with Crippen LogP contribution in [0.25, 0.3) is 0 Å². The van der Waals surface area contributed by atoms with Crippen molar-refractivity contribution in [2.75, 3.05) is 26.2 Å². The maximum absolute atomic E-state index is 9.53. The Hall–Kier alpha value is -0.160. The number of hydrogen-bond donors (Lipinski definition) is 4. The van der Waals surface area contributed by atoms with E-state index in [9.17, 15) is 5.11 Å². The molecule has 78 valence electrons. The predicted octanol–water partition coefficient (Wildman–Crippen LogP) is -0.929. The Morgan fingerprint density at radius 1 is 1.46 bits per heavy atom. The molecule has 13 heavy (non-hydrogen) atoms. The largest absolute Gasteiger partial charge is 0.393 e. The number of nitrogens with one attached hydrogen (secondary N) is 2. The lowest BCUT2D eigenvalue weighted by molar-refractivity contribution is 0.0000735. The van der Waals surface area contributed by atoms with Crippen LogP contribution in [0.5, 0.6) is 0 Å². The second-order valence-electron chi connectivity index (χ2n) is 4.06. The van der Waals surface area contributed by atoms with Gasteiger partial charge in [-0.3, -0.25) is 0 Å². The lowest BCUT2D eigenvalue weighted by atomic mass is 10.0. The average Bonchev–Trinajstić information content (AvgIpc) is 2.17. The van der Waals surface area contributed by atoms with Crippen molar-refractivity contribution in [1.29, 1.82) is 0 Å². The van der Waals surface area contributed by atoms with Crippen molar-refractivity contribution in [2.24, 2.45) is 0 Å². The molecule has 1 rings (SSSR count). The average molecular weight is 188 g/mol. The Kier molecular flexibility index (Phi) is 4.12. The van der Waals surface area contributed by atoms with Gasteiger partial charge in [-0.15, -0.1) is 0 Å². The number of hydrogen-bond acceptors (Lipinski definition) is 4. The van der Waals surface area contributed by atoms with Crippen molar-refractivity contribution in [3.05, 3.63) is 0 Å². The summed E-state index contributed by atoms with van der Waals surface area (Å²) in [6, 6.07) is 0.485. The van der Waals surface area contributed by atoms with Gasteiger partial charge in [0.15, 0.2) is 0 Å². The third-order valence-corrected chi connectivity index (χ3v) is 2.45. The third-order valence-electron chi connectivity index (χ3n) is 2.45. The van der Waals surface area contributed by atoms with Gasteiger partial charge in [0.25, 0.3) is 0 Å². The highest BCUT2D eigenvalue weighted by Crippen LogP contribution is 2.05. The summed E-state index contributed by atoms with van der Waals surface area (Å²) in [5.41, 5.74) is -0.981. The van der Waals surface area contributed by atoms with E-state index in [0.717, 1.165) is 25.9 Å². The second-order valence-corrected chi connectivity index (χ2v) is 4.06. The molecule has 0 bridgehead atoms. The van der Waals surface area contributed by atoms with Crippen molar-refractivity contribution >= 4 is 0 Å². The zero-order valence-electron chi connectivity index (χ0n) is 8.21. The van der Waals surface area contributed by atoms with Gasteiger partial charge in [0.05, 0.1) is 12.2 Å². The van der Waals surface area contributed by atoms with Crippen LogP contribution in [-0.4, -0.2) is 48.1 Å². The number of rotatable bonds is 4. The molecule has 0 amide bonds. The summed E-state index contributed by atoms with van der Waals surface area (Å²) in [5, 5.41) is 24.9. The van der Waals surface area contributed by atoms with Crippen molar-refractivity contribution < 1.29 is 10.2 Å². The van der Waals surface area contributed by atoms with Gasteiger partial charge in [-0.05, 0) is 32.9 Å². The first-order chi connectivity index (χ1) is 6.14. The van der Waals surface area contributed by atoms with E-state index in [4.69, 9.17) is 5.11 Å². The lowest BCUT2D eigenvalue weighted by Gasteiger charge is -2.28. The van der Waals surface area contributed by atoms with E-state index in [1.807, 2.05) is 0 Å². The molecule has 0 aromatic carbocycles. The highest BCUT2D eigenvalue weighted by molar-refractivity contribution is 4.80. The highest BCUT2D eigenvalue weighted by Gasteiger charge is 2.21. The zero-order valence-corrected chi connectivity index (χ0v) is 8.21. The van der Waals surface area contributed by atoms with E-state index in [1.165, 1.54) is 0 Å². The van der Waals surface area contributed by atoms with E-state index in [-0.39, 0.29) is 6.61 Å². The molecule has 0 radical (unpaired) electrons. The van der Waals surface area contributed by atoms with Gasteiger partial charge in [0.2, 0.25) is 0 Å². The highest BCUT2D eigenvalue weighted by atomic mass is 16.3. The molecule has 0 aliphatic carbocycles. The van der Waals surface area contributed by atoms with Gasteiger partial charge in [-0.25, -0.2) is 0 Å². The number of piperidine rings is 1. The van der Waals surface area contributed by atoms with Crippen LogP contribution in [0, 0.1) is 0 Å². The monoisotopic (exact) mass is 188 g/mol. The van der Waals surface area contributed by atoms with Crippen LogP contribution in [0.1, 0.15) is 19.8 Å². The van der Waals surface area contributed by atoms with Gasteiger partial charge in [-0.2, -0.15) is 0 Å². The maximum Gasteiger partial charge on any atom is 0.0972 e. The smallest absolute Gasteiger partial charge is 0.0972 e. The molecular weight excluding hydrogens is 168 g/mol. The first kappa shape index (κ1) is 10.9. The van der Waals surface area contributed by atoms with E-state index in [0.29, 0.717) is 12.6 Å². The zero-order chi connectivity index (χ0) is 9.73. The molecule has 1 saturated heterocycles. The van der Waals surface area contributed by atoms with Crippen LogP contribution in [0.4, 0.5) is 0 Å². The minimum Gasteiger partial charge on any atom is -0.393 e. The topological polar surface area (TPSA) is 64.5 Å². The summed E-state index contributed by atoms with van der Waals surface area (Å²) in [6.07, 6.45) is 2.20. The molecule has 1 atom stereocenters. The lowest BCUT2D eigenvalue weighted by Crippen LogP contribution is -2.48. The minimum absolute atomic E-state index is 0.190. The van der Waals surface area contributed by atoms with Crippen molar-refractivity contribution in [3.8, 4) is 0 Å². The molecule has 4 heteroatoms. The molecule has 0 aromatic rings. The molecule has 1 aliphatic rings. The molecule has 0 aromatic heterocycles. The Bertz CT molecular complexity index is 145. The van der Waals surface area contributed by atoms with Gasteiger partial charge in [0.1, 0.15) is 0 Å². The summed E-state index contributed by atoms with van der Waals surface area (Å²) >= 11 is 0. The van der Waals surface area contributed by atoms with Crippen LogP contribution < -0.4 is 10.6 Å². The molecule has 1 heterocycles. The molecule has 4 N–H and O–H groups in total. The molecule has 4 nitrogen and oxygen atoms in total. The fourth-order valence-electron chi connectivity index (χ4n) is 1.45. The van der Waals surface area contributed by atoms with Gasteiger partial charge in [0, 0.05) is 12.6 Å². The van der Waals surface area contributed by atoms with E-state index in [1.54, 1.807) is 6.92 Å². The maximum atomic E-state index is 9.53. The Morgan fingerprint density at radius 3 is 2.62 bits per heavy atom. The van der Waals surface area contributed by atoms with Crippen molar-refractivity contribution in [1.82, 2.24) is 10.6 Å². The molecule has 1 unspecified atom stereocenters. The first-order valence-electron chi connectivity index (χ1n) is 4.91. The second kappa shape index (κ2) is 4.91. The molecular formula is C9H20N2O2. The van der Waals surface area contributed by atoms with Crippen LogP contribution in [0.2, 0.25) is 0 Å². The van der Waals surface area contributed by atoms with E-state index >= 15 is 0 Å². The fourth-order valence-corrected chi connectivity index (χ4v) is 1.45. The molecule has 1 aliphatic heterocycles. The summed E-state index contributed by atoms with van der Waals surface area (Å²) in [5.74, 6) is 0. The Labute approximate surface area is 79.3 Å². The molecule has 0 spiro atoms. The van der Waals surface area contributed by atoms with Gasteiger partial charge in [-0.1, -0.05) is 0 Å². The molecule has 1 fully saturated rings. The quantitative estimate of drug-likeness (QED) is 0.460. The Balaban J connectivity index is 2.17. The van der Waals surface area contributed by atoms with Gasteiger partial charge < -0.3 is 20.8 Å². The standard InChI is InChI=1S/C9H20N2O2/c1-9(13,7-12)6-11-8-2-4-10-5-3-8/h8,10-13H,2-7H2,1H3. The summed E-state index contributed by atoms with van der Waals surface area (Å²) in [7, 11) is 0. The SMILES string of the molecule is CC(O)(CO)CNC1CCNCC1. The normalized spacial score (nSPS) is 24.2. The van der Waals surface area contributed by atoms with Gasteiger partial charge >= 0.3 is 0 Å². The van der Waals surface area contributed by atoms with Crippen LogP contribution in [-0.2, 0) is 0 Å². The number of aliphatic hydroxyl groups is 2. The van der Waals surface area contributed by atoms with Crippen molar-refractivity contribution in [2.45, 2.75) is 31.4 Å². The Morgan fingerprint density at radius 2 is 2.08 bits per heavy atom. The first-order valence-corrected chi connectivity index (χ1v) is 4.91. The van der Waals surface area contributed by atoms with Crippen molar-refractivity contribution in [3.63, 3.8) is 0 Å². The van der Waals surface area contributed by atoms with E-state index in [2.05, 4.69) is 10.6 Å². The van der Waals surface area contributed by atoms with Crippen LogP contribution in [0.3, 0.4) is 0 Å². The summed E-state index contributed by atoms with van der Waals surface area (Å²) in [6.45, 7) is 4.00. The third kappa shape index (κ3) is 4.04. The summed E-state index contributed by atoms with van der Waals surface area (Å²) in [4.78, 5) is 0. The predicted molar refractivity (Wildman–Crippen MR) is 51.6 cm³/mol. The minimum atomic E-state index is -0.981. The van der Waals surface area contributed by atoms with E-state index < -0.39 is 5.60 Å². The number of aliphatic hydroxyl groups excluding tert-OH is 1. The van der Waals surface area contributed by atoms with Crippen LogP contribution in [0.15, 0.2) is 0 Å².